The lowest BCUT2D eigenvalue weighted by atomic mass is 9.97. The van der Waals surface area contributed by atoms with E-state index < -0.39 is 17.6 Å². The Labute approximate surface area is 176 Å². The standard InChI is InChI=1S/C22H29FN4O3/c1-14-7-8-17(23)18(12-14)26-11-5-6-16(13-26)24-19(28)15(2)27-20(29)22(25-21(27)30)9-3-4-10-22/h7-8,12,15-16H,3-6,9-11,13H2,1-2H3,(H,24,28)(H,25,30). The van der Waals surface area contributed by atoms with Crippen LogP contribution < -0.4 is 15.5 Å². The molecule has 2 aliphatic heterocycles. The number of carbonyl (C=O) groups excluding carboxylic acids is 3. The van der Waals surface area contributed by atoms with E-state index in [-0.39, 0.29) is 23.7 Å². The largest absolute Gasteiger partial charge is 0.367 e. The molecule has 4 amide bonds. The molecule has 1 saturated carbocycles. The quantitative estimate of drug-likeness (QED) is 0.739. The van der Waals surface area contributed by atoms with E-state index in [0.717, 1.165) is 42.7 Å². The van der Waals surface area contributed by atoms with Crippen LogP contribution in [-0.4, -0.2) is 53.5 Å². The van der Waals surface area contributed by atoms with Gasteiger partial charge in [-0.2, -0.15) is 0 Å². The number of carbonyl (C=O) groups is 3. The topological polar surface area (TPSA) is 81.8 Å². The molecule has 162 valence electrons. The summed E-state index contributed by atoms with van der Waals surface area (Å²) in [5.74, 6) is -0.924. The normalized spacial score (nSPS) is 24.3. The van der Waals surface area contributed by atoms with Crippen LogP contribution in [0.4, 0.5) is 14.9 Å². The van der Waals surface area contributed by atoms with Gasteiger partial charge >= 0.3 is 6.03 Å². The summed E-state index contributed by atoms with van der Waals surface area (Å²) in [6.45, 7) is 4.71. The molecule has 7 nitrogen and oxygen atoms in total. The molecule has 3 fully saturated rings. The summed E-state index contributed by atoms with van der Waals surface area (Å²) in [5.41, 5.74) is 0.695. The molecule has 1 spiro atoms. The molecule has 1 aromatic rings. The summed E-state index contributed by atoms with van der Waals surface area (Å²) in [6, 6.07) is 3.47. The molecule has 2 heterocycles. The van der Waals surface area contributed by atoms with Crippen molar-refractivity contribution in [1.82, 2.24) is 15.5 Å². The molecule has 3 aliphatic rings. The van der Waals surface area contributed by atoms with Crippen LogP contribution in [0.3, 0.4) is 0 Å². The van der Waals surface area contributed by atoms with Gasteiger partial charge in [0.25, 0.3) is 5.91 Å². The van der Waals surface area contributed by atoms with Gasteiger partial charge in [-0.3, -0.25) is 9.59 Å². The Bertz CT molecular complexity index is 868. The molecular formula is C22H29FN4O3. The van der Waals surface area contributed by atoms with E-state index in [1.54, 1.807) is 13.0 Å². The molecule has 8 heteroatoms. The number of nitrogens with zero attached hydrogens (tertiary/aromatic N) is 2. The van der Waals surface area contributed by atoms with Crippen LogP contribution in [0.5, 0.6) is 0 Å². The Morgan fingerprint density at radius 2 is 2.00 bits per heavy atom. The Hall–Kier alpha value is -2.64. The SMILES string of the molecule is Cc1ccc(F)c(N2CCCC(NC(=O)C(C)N3C(=O)NC4(CCCC4)C3=O)C2)c1. The van der Waals surface area contributed by atoms with Crippen LogP contribution in [0.15, 0.2) is 18.2 Å². The average Bonchev–Trinajstić information content (AvgIpc) is 3.28. The zero-order valence-electron chi connectivity index (χ0n) is 17.5. The number of amides is 4. The number of hydrogen-bond donors (Lipinski definition) is 2. The number of anilines is 1. The summed E-state index contributed by atoms with van der Waals surface area (Å²) in [6.07, 6.45) is 4.64. The van der Waals surface area contributed by atoms with Crippen molar-refractivity contribution in [2.45, 2.75) is 70.0 Å². The molecule has 0 aromatic heterocycles. The van der Waals surface area contributed by atoms with Gasteiger partial charge in [-0.1, -0.05) is 18.9 Å². The first-order chi connectivity index (χ1) is 14.3. The van der Waals surface area contributed by atoms with Crippen molar-refractivity contribution in [1.29, 1.82) is 0 Å². The molecule has 30 heavy (non-hydrogen) atoms. The number of imide groups is 1. The third-order valence-corrected chi connectivity index (χ3v) is 6.63. The lowest BCUT2D eigenvalue weighted by molar-refractivity contribution is -0.138. The number of nitrogens with one attached hydrogen (secondary N) is 2. The fourth-order valence-electron chi connectivity index (χ4n) is 4.93. The van der Waals surface area contributed by atoms with Crippen molar-refractivity contribution in [2.24, 2.45) is 0 Å². The second-order valence-corrected chi connectivity index (χ2v) is 8.82. The Kier molecular flexibility index (Phi) is 5.42. The Morgan fingerprint density at radius 3 is 2.73 bits per heavy atom. The van der Waals surface area contributed by atoms with Crippen molar-refractivity contribution < 1.29 is 18.8 Å². The molecule has 2 unspecified atom stereocenters. The minimum atomic E-state index is -0.886. The highest BCUT2D eigenvalue weighted by atomic mass is 19.1. The number of rotatable bonds is 4. The minimum absolute atomic E-state index is 0.171. The van der Waals surface area contributed by atoms with Gasteiger partial charge in [0, 0.05) is 19.1 Å². The fourth-order valence-corrected chi connectivity index (χ4v) is 4.93. The maximum absolute atomic E-state index is 14.3. The highest BCUT2D eigenvalue weighted by molar-refractivity contribution is 6.10. The van der Waals surface area contributed by atoms with Gasteiger partial charge in [-0.25, -0.2) is 14.1 Å². The summed E-state index contributed by atoms with van der Waals surface area (Å²) >= 11 is 0. The maximum atomic E-state index is 14.3. The van der Waals surface area contributed by atoms with Gasteiger partial charge in [0.2, 0.25) is 5.91 Å². The van der Waals surface area contributed by atoms with E-state index in [9.17, 15) is 18.8 Å². The molecular weight excluding hydrogens is 387 g/mol. The first-order valence-electron chi connectivity index (χ1n) is 10.8. The van der Waals surface area contributed by atoms with E-state index >= 15 is 0 Å². The first-order valence-corrected chi connectivity index (χ1v) is 10.8. The van der Waals surface area contributed by atoms with Gasteiger partial charge in [-0.15, -0.1) is 0 Å². The maximum Gasteiger partial charge on any atom is 0.325 e. The minimum Gasteiger partial charge on any atom is -0.367 e. The van der Waals surface area contributed by atoms with Crippen molar-refractivity contribution in [2.75, 3.05) is 18.0 Å². The van der Waals surface area contributed by atoms with Gasteiger partial charge in [0.1, 0.15) is 17.4 Å². The number of piperidine rings is 1. The van der Waals surface area contributed by atoms with E-state index in [1.165, 1.54) is 6.07 Å². The van der Waals surface area contributed by atoms with Crippen LogP contribution >= 0.6 is 0 Å². The van der Waals surface area contributed by atoms with Gasteiger partial charge in [0.05, 0.1) is 5.69 Å². The van der Waals surface area contributed by atoms with Gasteiger partial charge < -0.3 is 15.5 Å². The van der Waals surface area contributed by atoms with E-state index in [1.807, 2.05) is 17.9 Å². The molecule has 2 atom stereocenters. The summed E-state index contributed by atoms with van der Waals surface area (Å²) in [4.78, 5) is 41.2. The molecule has 2 saturated heterocycles. The van der Waals surface area contributed by atoms with Crippen molar-refractivity contribution in [3.63, 3.8) is 0 Å². The summed E-state index contributed by atoms with van der Waals surface area (Å²) in [5, 5.41) is 5.79. The highest BCUT2D eigenvalue weighted by Crippen LogP contribution is 2.35. The van der Waals surface area contributed by atoms with Crippen LogP contribution in [0.1, 0.15) is 51.0 Å². The average molecular weight is 416 g/mol. The van der Waals surface area contributed by atoms with E-state index in [4.69, 9.17) is 0 Å². The van der Waals surface area contributed by atoms with Crippen LogP contribution in [0.2, 0.25) is 0 Å². The predicted octanol–water partition coefficient (Wildman–Crippen LogP) is 2.47. The Balaban J connectivity index is 1.41. The van der Waals surface area contributed by atoms with Gasteiger partial charge in [-0.05, 0) is 57.2 Å². The number of aryl methyl sites for hydroxylation is 1. The summed E-state index contributed by atoms with van der Waals surface area (Å²) < 4.78 is 14.3. The van der Waals surface area contributed by atoms with Gasteiger partial charge in [0.15, 0.2) is 0 Å². The number of urea groups is 1. The number of halogens is 1. The second kappa shape index (κ2) is 7.89. The second-order valence-electron chi connectivity index (χ2n) is 8.82. The molecule has 0 bridgehead atoms. The predicted molar refractivity (Wildman–Crippen MR) is 111 cm³/mol. The van der Waals surface area contributed by atoms with Crippen molar-refractivity contribution >= 4 is 23.5 Å². The lowest BCUT2D eigenvalue weighted by Gasteiger charge is -2.36. The lowest BCUT2D eigenvalue weighted by Crippen LogP contribution is -2.55. The van der Waals surface area contributed by atoms with E-state index in [2.05, 4.69) is 10.6 Å². The zero-order valence-corrected chi connectivity index (χ0v) is 17.5. The van der Waals surface area contributed by atoms with Crippen LogP contribution in [0.25, 0.3) is 0 Å². The molecule has 1 aromatic carbocycles. The molecule has 0 radical (unpaired) electrons. The van der Waals surface area contributed by atoms with Crippen LogP contribution in [0, 0.1) is 12.7 Å². The number of benzene rings is 1. The Morgan fingerprint density at radius 1 is 1.27 bits per heavy atom. The fraction of sp³-hybridized carbons (Fsp3) is 0.591. The third kappa shape index (κ3) is 3.63. The monoisotopic (exact) mass is 416 g/mol. The summed E-state index contributed by atoms with van der Waals surface area (Å²) in [7, 11) is 0. The first kappa shape index (κ1) is 20.6. The van der Waals surface area contributed by atoms with Crippen molar-refractivity contribution in [3.8, 4) is 0 Å². The smallest absolute Gasteiger partial charge is 0.325 e. The zero-order chi connectivity index (χ0) is 21.5. The van der Waals surface area contributed by atoms with Crippen LogP contribution in [-0.2, 0) is 9.59 Å². The molecule has 4 rings (SSSR count). The highest BCUT2D eigenvalue weighted by Gasteiger charge is 2.54. The molecule has 1 aliphatic carbocycles. The molecule has 2 N–H and O–H groups in total. The number of hydrogen-bond acceptors (Lipinski definition) is 4. The third-order valence-electron chi connectivity index (χ3n) is 6.63. The van der Waals surface area contributed by atoms with Crippen molar-refractivity contribution in [3.05, 3.63) is 29.6 Å². The van der Waals surface area contributed by atoms with E-state index in [0.29, 0.717) is 25.1 Å².